The summed E-state index contributed by atoms with van der Waals surface area (Å²) in [5, 5.41) is 2.93. The SMILES string of the molecule is CC[C@@H](C)NC(=O)[C@H](C)N(Cc1ccccc1C)C(=O)CCCN1C(=O)c2ccccc2S1(=O)=O. The minimum Gasteiger partial charge on any atom is -0.352 e. The number of rotatable bonds is 10. The van der Waals surface area contributed by atoms with Crippen molar-refractivity contribution in [3.63, 3.8) is 0 Å². The van der Waals surface area contributed by atoms with Crippen LogP contribution in [0.3, 0.4) is 0 Å². The second-order valence-electron chi connectivity index (χ2n) is 8.92. The van der Waals surface area contributed by atoms with E-state index < -0.39 is 22.0 Å². The highest BCUT2D eigenvalue weighted by atomic mass is 32.2. The Morgan fingerprint density at radius 2 is 1.71 bits per heavy atom. The van der Waals surface area contributed by atoms with Gasteiger partial charge in [-0.2, -0.15) is 0 Å². The lowest BCUT2D eigenvalue weighted by Crippen LogP contribution is -2.49. The van der Waals surface area contributed by atoms with Crippen LogP contribution in [0.4, 0.5) is 0 Å². The first kappa shape index (κ1) is 26.4. The van der Waals surface area contributed by atoms with Crippen molar-refractivity contribution in [2.24, 2.45) is 0 Å². The van der Waals surface area contributed by atoms with E-state index in [9.17, 15) is 22.8 Å². The smallest absolute Gasteiger partial charge is 0.269 e. The number of sulfonamides is 1. The van der Waals surface area contributed by atoms with Gasteiger partial charge in [0.15, 0.2) is 0 Å². The van der Waals surface area contributed by atoms with E-state index in [1.165, 1.54) is 17.0 Å². The summed E-state index contributed by atoms with van der Waals surface area (Å²) >= 11 is 0. The lowest BCUT2D eigenvalue weighted by Gasteiger charge is -2.30. The molecule has 8 nitrogen and oxygen atoms in total. The molecule has 0 spiro atoms. The van der Waals surface area contributed by atoms with Crippen molar-refractivity contribution in [2.75, 3.05) is 6.54 Å². The third-order valence-corrected chi connectivity index (χ3v) is 8.27. The Labute approximate surface area is 207 Å². The fourth-order valence-electron chi connectivity index (χ4n) is 3.99. The van der Waals surface area contributed by atoms with Gasteiger partial charge in [0.2, 0.25) is 11.8 Å². The number of amides is 3. The number of nitrogens with zero attached hydrogens (tertiary/aromatic N) is 2. The molecule has 3 amide bonds. The van der Waals surface area contributed by atoms with E-state index in [2.05, 4.69) is 5.32 Å². The van der Waals surface area contributed by atoms with Gasteiger partial charge in [-0.1, -0.05) is 43.3 Å². The molecule has 35 heavy (non-hydrogen) atoms. The van der Waals surface area contributed by atoms with Crippen molar-refractivity contribution in [1.29, 1.82) is 0 Å². The summed E-state index contributed by atoms with van der Waals surface area (Å²) in [6, 6.07) is 13.0. The summed E-state index contributed by atoms with van der Waals surface area (Å²) in [5.74, 6) is -1.10. The summed E-state index contributed by atoms with van der Waals surface area (Å²) in [7, 11) is -3.92. The fourth-order valence-corrected chi connectivity index (χ4v) is 5.60. The zero-order chi connectivity index (χ0) is 25.8. The van der Waals surface area contributed by atoms with E-state index in [0.717, 1.165) is 21.9 Å². The van der Waals surface area contributed by atoms with Gasteiger partial charge in [-0.25, -0.2) is 12.7 Å². The topological polar surface area (TPSA) is 104 Å². The maximum atomic E-state index is 13.3. The molecule has 9 heteroatoms. The predicted molar refractivity (Wildman–Crippen MR) is 133 cm³/mol. The molecule has 0 fully saturated rings. The van der Waals surface area contributed by atoms with Crippen LogP contribution >= 0.6 is 0 Å². The summed E-state index contributed by atoms with van der Waals surface area (Å²) in [6.07, 6.45) is 0.926. The van der Waals surface area contributed by atoms with E-state index >= 15 is 0 Å². The molecule has 0 aromatic heterocycles. The van der Waals surface area contributed by atoms with Crippen LogP contribution in [0.15, 0.2) is 53.4 Å². The zero-order valence-corrected chi connectivity index (χ0v) is 21.5. The van der Waals surface area contributed by atoms with E-state index in [0.29, 0.717) is 0 Å². The standard InChI is InChI=1S/C26H33N3O5S/c1-5-19(3)27-25(31)20(4)28(17-21-12-7-6-11-18(21)2)24(30)15-10-16-29-26(32)22-13-8-9-14-23(22)35(29,33)34/h6-9,11-14,19-20H,5,10,15-17H2,1-4H3,(H,27,31)/t19-,20+/m1/s1. The normalized spacial score (nSPS) is 15.9. The number of carbonyl (C=O) groups excluding carboxylic acids is 3. The lowest BCUT2D eigenvalue weighted by molar-refractivity contribution is -0.141. The van der Waals surface area contributed by atoms with E-state index in [1.54, 1.807) is 19.1 Å². The molecule has 1 N–H and O–H groups in total. The van der Waals surface area contributed by atoms with Gasteiger partial charge in [-0.3, -0.25) is 14.4 Å². The summed E-state index contributed by atoms with van der Waals surface area (Å²) < 4.78 is 26.4. The first-order chi connectivity index (χ1) is 16.6. The maximum absolute atomic E-state index is 13.3. The molecule has 2 aromatic rings. The van der Waals surface area contributed by atoms with Crippen LogP contribution in [0.2, 0.25) is 0 Å². The highest BCUT2D eigenvalue weighted by molar-refractivity contribution is 7.90. The molecule has 1 heterocycles. The minimum absolute atomic E-state index is 0.00246. The average molecular weight is 500 g/mol. The molecule has 0 aliphatic carbocycles. The van der Waals surface area contributed by atoms with Crippen molar-refractivity contribution in [2.45, 2.75) is 70.5 Å². The van der Waals surface area contributed by atoms with Crippen molar-refractivity contribution in [3.8, 4) is 0 Å². The zero-order valence-electron chi connectivity index (χ0n) is 20.7. The highest BCUT2D eigenvalue weighted by Gasteiger charge is 2.40. The molecule has 1 aliphatic heterocycles. The average Bonchev–Trinajstić information content (AvgIpc) is 3.03. The quantitative estimate of drug-likeness (QED) is 0.540. The monoisotopic (exact) mass is 499 g/mol. The van der Waals surface area contributed by atoms with Gasteiger partial charge in [0.05, 0.1) is 5.56 Å². The molecule has 3 rings (SSSR count). The number of fused-ring (bicyclic) bond motifs is 1. The van der Waals surface area contributed by atoms with Crippen molar-refractivity contribution in [1.82, 2.24) is 14.5 Å². The molecule has 188 valence electrons. The molecule has 0 unspecified atom stereocenters. The molecule has 0 radical (unpaired) electrons. The number of benzene rings is 2. The Morgan fingerprint density at radius 3 is 2.37 bits per heavy atom. The minimum atomic E-state index is -3.92. The molecule has 0 bridgehead atoms. The molecule has 1 aliphatic rings. The van der Waals surface area contributed by atoms with Gasteiger partial charge in [0.25, 0.3) is 15.9 Å². The van der Waals surface area contributed by atoms with Crippen molar-refractivity contribution < 1.29 is 22.8 Å². The molecular formula is C26H33N3O5S. The molecule has 0 saturated carbocycles. The van der Waals surface area contributed by atoms with Gasteiger partial charge in [0.1, 0.15) is 10.9 Å². The first-order valence-electron chi connectivity index (χ1n) is 11.9. The van der Waals surface area contributed by atoms with Gasteiger partial charge in [-0.15, -0.1) is 0 Å². The van der Waals surface area contributed by atoms with Gasteiger partial charge in [0, 0.05) is 25.6 Å². The number of aryl methyl sites for hydroxylation is 1. The van der Waals surface area contributed by atoms with Gasteiger partial charge >= 0.3 is 0 Å². The number of hydrogen-bond donors (Lipinski definition) is 1. The Morgan fingerprint density at radius 1 is 1.06 bits per heavy atom. The summed E-state index contributed by atoms with van der Waals surface area (Å²) in [6.45, 7) is 7.67. The second kappa shape index (κ2) is 11.0. The summed E-state index contributed by atoms with van der Waals surface area (Å²) in [4.78, 5) is 40.3. The van der Waals surface area contributed by atoms with Crippen molar-refractivity contribution in [3.05, 3.63) is 65.2 Å². The predicted octanol–water partition coefficient (Wildman–Crippen LogP) is 3.25. The van der Waals surface area contributed by atoms with Gasteiger partial charge < -0.3 is 10.2 Å². The number of nitrogens with one attached hydrogen (secondary N) is 1. The largest absolute Gasteiger partial charge is 0.352 e. The van der Waals surface area contributed by atoms with E-state index in [4.69, 9.17) is 0 Å². The molecule has 2 atom stereocenters. The lowest BCUT2D eigenvalue weighted by atomic mass is 10.1. The third kappa shape index (κ3) is 5.73. The highest BCUT2D eigenvalue weighted by Crippen LogP contribution is 2.30. The second-order valence-corrected chi connectivity index (χ2v) is 10.8. The molecule has 2 aromatic carbocycles. The summed E-state index contributed by atoms with van der Waals surface area (Å²) in [5.41, 5.74) is 2.08. The van der Waals surface area contributed by atoms with Crippen LogP contribution in [0, 0.1) is 6.92 Å². The first-order valence-corrected chi connectivity index (χ1v) is 13.3. The maximum Gasteiger partial charge on any atom is 0.269 e. The molecule has 0 saturated heterocycles. The van der Waals surface area contributed by atoms with Crippen molar-refractivity contribution >= 4 is 27.7 Å². The van der Waals surface area contributed by atoms with Crippen LogP contribution in [0.25, 0.3) is 0 Å². The van der Waals surface area contributed by atoms with Crippen LogP contribution < -0.4 is 5.32 Å². The van der Waals surface area contributed by atoms with Crippen LogP contribution in [0.1, 0.15) is 61.5 Å². The van der Waals surface area contributed by atoms with Crippen LogP contribution in [-0.2, 0) is 26.2 Å². The Kier molecular flexibility index (Phi) is 8.32. The van der Waals surface area contributed by atoms with E-state index in [-0.39, 0.29) is 54.2 Å². The Bertz CT molecular complexity index is 1210. The van der Waals surface area contributed by atoms with Crippen LogP contribution in [-0.4, -0.2) is 54.0 Å². The number of hydrogen-bond acceptors (Lipinski definition) is 5. The van der Waals surface area contributed by atoms with Gasteiger partial charge in [-0.05, 0) is 56.9 Å². The van der Waals surface area contributed by atoms with Crippen LogP contribution in [0.5, 0.6) is 0 Å². The Hall–Kier alpha value is -3.20. The fraction of sp³-hybridized carbons (Fsp3) is 0.423. The Balaban J connectivity index is 1.72. The van der Waals surface area contributed by atoms with E-state index in [1.807, 2.05) is 45.0 Å². The third-order valence-electron chi connectivity index (χ3n) is 6.43. The molecular weight excluding hydrogens is 466 g/mol. The number of carbonyl (C=O) groups is 3.